The van der Waals surface area contributed by atoms with E-state index in [0.717, 1.165) is 32.1 Å². The Kier molecular flexibility index (Phi) is 5.25. The summed E-state index contributed by atoms with van der Waals surface area (Å²) < 4.78 is 27.5. The minimum absolute atomic E-state index is 0.0302. The Labute approximate surface area is 166 Å². The predicted molar refractivity (Wildman–Crippen MR) is 109 cm³/mol. The van der Waals surface area contributed by atoms with Crippen LogP contribution in [0.15, 0.2) is 47.4 Å². The zero-order chi connectivity index (χ0) is 19.7. The molecule has 2 aromatic rings. The summed E-state index contributed by atoms with van der Waals surface area (Å²) >= 11 is 0. The van der Waals surface area contributed by atoms with Gasteiger partial charge in [-0.05, 0) is 67.9 Å². The third-order valence-corrected chi connectivity index (χ3v) is 7.85. The van der Waals surface area contributed by atoms with E-state index < -0.39 is 10.0 Å². The fourth-order valence-corrected chi connectivity index (χ4v) is 6.00. The molecule has 148 valence electrons. The molecule has 2 aromatic carbocycles. The fraction of sp³-hybridized carbons (Fsp3) is 0.409. The first-order chi connectivity index (χ1) is 13.5. The molecule has 5 nitrogen and oxygen atoms in total. The van der Waals surface area contributed by atoms with Crippen molar-refractivity contribution in [1.82, 2.24) is 9.62 Å². The topological polar surface area (TPSA) is 66.5 Å². The van der Waals surface area contributed by atoms with E-state index in [1.165, 1.54) is 21.5 Å². The minimum Gasteiger partial charge on any atom is -0.345 e. The number of aryl methyl sites for hydroxylation is 2. The maximum absolute atomic E-state index is 13.0. The predicted octanol–water partition coefficient (Wildman–Crippen LogP) is 3.59. The van der Waals surface area contributed by atoms with E-state index in [9.17, 15) is 13.2 Å². The maximum Gasteiger partial charge on any atom is 0.251 e. The maximum atomic E-state index is 13.0. The summed E-state index contributed by atoms with van der Waals surface area (Å²) in [6.07, 6.45) is 4.74. The van der Waals surface area contributed by atoms with Crippen molar-refractivity contribution in [3.05, 3.63) is 64.7 Å². The summed E-state index contributed by atoms with van der Waals surface area (Å²) in [6, 6.07) is 13.1. The van der Waals surface area contributed by atoms with Crippen LogP contribution in [0.25, 0.3) is 0 Å². The third-order valence-electron chi connectivity index (χ3n) is 5.81. The van der Waals surface area contributed by atoms with E-state index in [4.69, 9.17) is 0 Å². The number of nitrogens with one attached hydrogen (secondary N) is 1. The van der Waals surface area contributed by atoms with Crippen LogP contribution in [0.5, 0.6) is 0 Å². The lowest BCUT2D eigenvalue weighted by Crippen LogP contribution is -2.32. The van der Waals surface area contributed by atoms with Gasteiger partial charge in [-0.2, -0.15) is 4.31 Å². The van der Waals surface area contributed by atoms with Gasteiger partial charge in [-0.1, -0.05) is 30.3 Å². The monoisotopic (exact) mass is 398 g/mol. The van der Waals surface area contributed by atoms with Gasteiger partial charge in [0.25, 0.3) is 5.91 Å². The first-order valence-corrected chi connectivity index (χ1v) is 11.4. The molecule has 0 radical (unpaired) electrons. The summed E-state index contributed by atoms with van der Waals surface area (Å²) in [4.78, 5) is 13.2. The number of sulfonamides is 1. The highest BCUT2D eigenvalue weighted by Gasteiger charge is 2.29. The molecule has 6 heteroatoms. The molecule has 1 aliphatic carbocycles. The molecule has 0 bridgehead atoms. The molecule has 1 N–H and O–H groups in total. The molecule has 2 aliphatic rings. The molecule has 0 aromatic heterocycles. The molecule has 1 atom stereocenters. The Morgan fingerprint density at radius 2 is 1.82 bits per heavy atom. The van der Waals surface area contributed by atoms with E-state index in [0.29, 0.717) is 24.2 Å². The summed E-state index contributed by atoms with van der Waals surface area (Å²) in [6.45, 7) is 2.89. The van der Waals surface area contributed by atoms with Crippen LogP contribution in [0.3, 0.4) is 0 Å². The van der Waals surface area contributed by atoms with Crippen LogP contribution < -0.4 is 5.32 Å². The van der Waals surface area contributed by atoms with Gasteiger partial charge in [0.15, 0.2) is 0 Å². The minimum atomic E-state index is -3.55. The van der Waals surface area contributed by atoms with Gasteiger partial charge in [0.2, 0.25) is 10.0 Å². The van der Waals surface area contributed by atoms with Crippen molar-refractivity contribution in [1.29, 1.82) is 0 Å². The lowest BCUT2D eigenvalue weighted by molar-refractivity contribution is 0.0932. The molecule has 1 aliphatic heterocycles. The molecule has 0 unspecified atom stereocenters. The van der Waals surface area contributed by atoms with Crippen LogP contribution in [0.1, 0.15) is 58.8 Å². The van der Waals surface area contributed by atoms with Crippen LogP contribution in [-0.2, 0) is 16.4 Å². The van der Waals surface area contributed by atoms with Gasteiger partial charge in [0, 0.05) is 18.7 Å². The first kappa shape index (κ1) is 19.2. The van der Waals surface area contributed by atoms with Crippen LogP contribution in [0, 0.1) is 6.92 Å². The van der Waals surface area contributed by atoms with Gasteiger partial charge in [-0.25, -0.2) is 8.42 Å². The van der Waals surface area contributed by atoms with E-state index in [2.05, 4.69) is 17.4 Å². The smallest absolute Gasteiger partial charge is 0.251 e. The second kappa shape index (κ2) is 7.68. The highest BCUT2D eigenvalue weighted by molar-refractivity contribution is 7.89. The number of hydrogen-bond donors (Lipinski definition) is 1. The van der Waals surface area contributed by atoms with Gasteiger partial charge in [0.1, 0.15) is 0 Å². The Balaban J connectivity index is 1.59. The van der Waals surface area contributed by atoms with Gasteiger partial charge in [-0.3, -0.25) is 4.79 Å². The van der Waals surface area contributed by atoms with Crippen LogP contribution in [-0.4, -0.2) is 31.7 Å². The molecule has 1 heterocycles. The van der Waals surface area contributed by atoms with Crippen molar-refractivity contribution in [2.75, 3.05) is 13.1 Å². The molecule has 0 saturated carbocycles. The third kappa shape index (κ3) is 3.59. The Hall–Kier alpha value is -2.18. The molecule has 0 spiro atoms. The second-order valence-corrected chi connectivity index (χ2v) is 9.61. The van der Waals surface area contributed by atoms with Crippen molar-refractivity contribution in [3.63, 3.8) is 0 Å². The van der Waals surface area contributed by atoms with Crippen molar-refractivity contribution in [2.45, 2.75) is 50.0 Å². The van der Waals surface area contributed by atoms with Crippen molar-refractivity contribution >= 4 is 15.9 Å². The molecule has 28 heavy (non-hydrogen) atoms. The van der Waals surface area contributed by atoms with Gasteiger partial charge in [0.05, 0.1) is 10.9 Å². The lowest BCUT2D eigenvalue weighted by Gasteiger charge is -2.26. The van der Waals surface area contributed by atoms with Crippen LogP contribution in [0.4, 0.5) is 0 Å². The average molecular weight is 399 g/mol. The molecular formula is C22H26N2O3S. The van der Waals surface area contributed by atoms with Crippen LogP contribution >= 0.6 is 0 Å². The van der Waals surface area contributed by atoms with Crippen molar-refractivity contribution in [2.24, 2.45) is 0 Å². The molecule has 1 amide bonds. The van der Waals surface area contributed by atoms with Gasteiger partial charge in [-0.15, -0.1) is 0 Å². The number of benzene rings is 2. The number of nitrogens with zero attached hydrogens (tertiary/aromatic N) is 1. The summed E-state index contributed by atoms with van der Waals surface area (Å²) in [7, 11) is -3.55. The van der Waals surface area contributed by atoms with Gasteiger partial charge >= 0.3 is 0 Å². The number of carbonyl (C=O) groups is 1. The molecule has 1 fully saturated rings. The molecule has 1 saturated heterocycles. The van der Waals surface area contributed by atoms with E-state index >= 15 is 0 Å². The van der Waals surface area contributed by atoms with Gasteiger partial charge < -0.3 is 5.32 Å². The highest BCUT2D eigenvalue weighted by atomic mass is 32.2. The largest absolute Gasteiger partial charge is 0.345 e. The van der Waals surface area contributed by atoms with E-state index in [1.807, 2.05) is 12.1 Å². The number of amides is 1. The number of fused-ring (bicyclic) bond motifs is 1. The first-order valence-electron chi connectivity index (χ1n) is 9.96. The van der Waals surface area contributed by atoms with Crippen LogP contribution in [0.2, 0.25) is 0 Å². The zero-order valence-corrected chi connectivity index (χ0v) is 17.0. The highest BCUT2D eigenvalue weighted by Crippen LogP contribution is 2.30. The van der Waals surface area contributed by atoms with E-state index in [1.54, 1.807) is 19.1 Å². The molecule has 4 rings (SSSR count). The normalized spacial score (nSPS) is 20.0. The zero-order valence-electron chi connectivity index (χ0n) is 16.1. The Bertz CT molecular complexity index is 995. The fourth-order valence-electron chi connectivity index (χ4n) is 4.23. The summed E-state index contributed by atoms with van der Waals surface area (Å²) in [5.74, 6) is -0.223. The van der Waals surface area contributed by atoms with Crippen molar-refractivity contribution < 1.29 is 13.2 Å². The Morgan fingerprint density at radius 3 is 2.61 bits per heavy atom. The standard InChI is InChI=1S/C22H26N2O3S/c1-16-11-12-18(15-21(16)28(26,27)24-13-4-5-14-24)22(25)23-20-10-6-8-17-7-2-3-9-19(17)20/h2-3,7,9,11-12,15,20H,4-6,8,10,13-14H2,1H3,(H,23,25)/t20-/m0/s1. The number of hydrogen-bond acceptors (Lipinski definition) is 3. The van der Waals surface area contributed by atoms with Crippen molar-refractivity contribution in [3.8, 4) is 0 Å². The SMILES string of the molecule is Cc1ccc(C(=O)N[C@H]2CCCc3ccccc32)cc1S(=O)(=O)N1CCCC1. The second-order valence-electron chi connectivity index (χ2n) is 7.71. The summed E-state index contributed by atoms with van der Waals surface area (Å²) in [5, 5.41) is 3.11. The summed E-state index contributed by atoms with van der Waals surface area (Å²) in [5.41, 5.74) is 3.51. The lowest BCUT2D eigenvalue weighted by atomic mass is 9.87. The average Bonchev–Trinajstić information content (AvgIpc) is 3.24. The van der Waals surface area contributed by atoms with E-state index in [-0.39, 0.29) is 16.8 Å². The quantitative estimate of drug-likeness (QED) is 0.856. The molecular weight excluding hydrogens is 372 g/mol. The Morgan fingerprint density at radius 1 is 1.07 bits per heavy atom. The number of carbonyl (C=O) groups excluding carboxylic acids is 1. The number of rotatable bonds is 4.